The first-order valence-corrected chi connectivity index (χ1v) is 6.29. The molecule has 106 valence electrons. The summed E-state index contributed by atoms with van der Waals surface area (Å²) in [7, 11) is 0. The van der Waals surface area contributed by atoms with E-state index in [2.05, 4.69) is 5.32 Å². The Morgan fingerprint density at radius 2 is 2.16 bits per heavy atom. The average molecular weight is 268 g/mol. The molecule has 3 N–H and O–H groups in total. The molecule has 0 bridgehead atoms. The zero-order chi connectivity index (χ0) is 14.6. The average Bonchev–Trinajstić information content (AvgIpc) is 2.32. The molecular weight excluding hydrogens is 247 g/mol. The van der Waals surface area contributed by atoms with Gasteiger partial charge in [-0.05, 0) is 39.3 Å². The van der Waals surface area contributed by atoms with Gasteiger partial charge in [-0.15, -0.1) is 0 Å². The van der Waals surface area contributed by atoms with Crippen LogP contribution in [0.4, 0.5) is 10.1 Å². The van der Waals surface area contributed by atoms with Gasteiger partial charge in [0.15, 0.2) is 6.10 Å². The minimum absolute atomic E-state index is 0.175. The van der Waals surface area contributed by atoms with Crippen LogP contribution < -0.4 is 15.8 Å². The second-order valence-electron chi connectivity index (χ2n) is 5.17. The minimum Gasteiger partial charge on any atom is -0.479 e. The lowest BCUT2D eigenvalue weighted by molar-refractivity contribution is -0.128. The number of amides is 1. The first kappa shape index (κ1) is 15.3. The summed E-state index contributed by atoms with van der Waals surface area (Å²) in [5.41, 5.74) is 5.51. The number of anilines is 1. The second-order valence-corrected chi connectivity index (χ2v) is 5.17. The smallest absolute Gasteiger partial charge is 0.261 e. The van der Waals surface area contributed by atoms with E-state index in [1.54, 1.807) is 6.92 Å². The van der Waals surface area contributed by atoms with Crippen LogP contribution in [0.2, 0.25) is 0 Å². The van der Waals surface area contributed by atoms with Gasteiger partial charge in [0, 0.05) is 11.6 Å². The first-order chi connectivity index (χ1) is 8.75. The Morgan fingerprint density at radius 1 is 1.53 bits per heavy atom. The molecule has 1 rings (SSSR count). The molecular formula is C14H21FN2O2. The van der Waals surface area contributed by atoms with Crippen molar-refractivity contribution in [3.05, 3.63) is 24.0 Å². The fraction of sp³-hybridized carbons (Fsp3) is 0.500. The standard InChI is InChI=1S/C14H21FN2O2/c1-5-14(3,4)17-13(18)9(2)19-12-7-6-10(15)8-11(12)16/h6-9H,5,16H2,1-4H3,(H,17,18). The molecule has 1 unspecified atom stereocenters. The number of hydrogen-bond acceptors (Lipinski definition) is 3. The third-order valence-corrected chi connectivity index (χ3v) is 2.99. The molecule has 1 atom stereocenters. The lowest BCUT2D eigenvalue weighted by Crippen LogP contribution is -2.48. The topological polar surface area (TPSA) is 64.3 Å². The van der Waals surface area contributed by atoms with Crippen molar-refractivity contribution >= 4 is 11.6 Å². The molecule has 0 fully saturated rings. The maximum Gasteiger partial charge on any atom is 0.261 e. The molecule has 0 aromatic heterocycles. The zero-order valence-corrected chi connectivity index (χ0v) is 11.8. The van der Waals surface area contributed by atoms with E-state index in [1.165, 1.54) is 12.1 Å². The molecule has 0 aliphatic heterocycles. The van der Waals surface area contributed by atoms with Gasteiger partial charge in [0.25, 0.3) is 5.91 Å². The number of benzene rings is 1. The van der Waals surface area contributed by atoms with Gasteiger partial charge in [-0.25, -0.2) is 4.39 Å². The van der Waals surface area contributed by atoms with Crippen molar-refractivity contribution in [1.82, 2.24) is 5.32 Å². The van der Waals surface area contributed by atoms with Gasteiger partial charge in [0.05, 0.1) is 5.69 Å². The molecule has 0 saturated carbocycles. The highest BCUT2D eigenvalue weighted by molar-refractivity contribution is 5.81. The number of carbonyl (C=O) groups is 1. The zero-order valence-electron chi connectivity index (χ0n) is 11.8. The number of hydrogen-bond donors (Lipinski definition) is 2. The largest absolute Gasteiger partial charge is 0.479 e. The fourth-order valence-electron chi connectivity index (χ4n) is 1.39. The van der Waals surface area contributed by atoms with Crippen molar-refractivity contribution < 1.29 is 13.9 Å². The minimum atomic E-state index is -0.696. The Kier molecular flexibility index (Phi) is 4.75. The molecule has 1 aromatic rings. The second kappa shape index (κ2) is 5.91. The van der Waals surface area contributed by atoms with E-state index in [0.29, 0.717) is 5.75 Å². The molecule has 4 nitrogen and oxygen atoms in total. The Hall–Kier alpha value is -1.78. The van der Waals surface area contributed by atoms with Crippen LogP contribution in [-0.4, -0.2) is 17.6 Å². The van der Waals surface area contributed by atoms with Crippen molar-refractivity contribution in [3.8, 4) is 5.75 Å². The first-order valence-electron chi connectivity index (χ1n) is 6.29. The van der Waals surface area contributed by atoms with Crippen LogP contribution in [0.15, 0.2) is 18.2 Å². The molecule has 0 heterocycles. The summed E-state index contributed by atoms with van der Waals surface area (Å²) in [5, 5.41) is 2.88. The summed E-state index contributed by atoms with van der Waals surface area (Å²) in [6, 6.07) is 3.82. The van der Waals surface area contributed by atoms with E-state index >= 15 is 0 Å². The number of nitrogen functional groups attached to an aromatic ring is 1. The van der Waals surface area contributed by atoms with Gasteiger partial charge in [-0.2, -0.15) is 0 Å². The van der Waals surface area contributed by atoms with Crippen molar-refractivity contribution in [2.45, 2.75) is 45.8 Å². The summed E-state index contributed by atoms with van der Waals surface area (Å²) < 4.78 is 18.3. The van der Waals surface area contributed by atoms with E-state index in [9.17, 15) is 9.18 Å². The Morgan fingerprint density at radius 3 is 2.68 bits per heavy atom. The molecule has 0 radical (unpaired) electrons. The van der Waals surface area contributed by atoms with Crippen molar-refractivity contribution in [2.75, 3.05) is 5.73 Å². The number of carbonyl (C=O) groups excluding carboxylic acids is 1. The normalized spacial score (nSPS) is 12.9. The monoisotopic (exact) mass is 268 g/mol. The van der Waals surface area contributed by atoms with Crippen molar-refractivity contribution in [2.24, 2.45) is 0 Å². The van der Waals surface area contributed by atoms with Gasteiger partial charge in [-0.3, -0.25) is 4.79 Å². The molecule has 0 aliphatic rings. The number of nitrogens with one attached hydrogen (secondary N) is 1. The number of ether oxygens (including phenoxy) is 1. The summed E-state index contributed by atoms with van der Waals surface area (Å²) in [5.74, 6) is -0.358. The Labute approximate surface area is 113 Å². The van der Waals surface area contributed by atoms with Crippen molar-refractivity contribution in [3.63, 3.8) is 0 Å². The number of nitrogens with two attached hydrogens (primary N) is 1. The Bertz CT molecular complexity index is 461. The van der Waals surface area contributed by atoms with Gasteiger partial charge in [0.2, 0.25) is 0 Å². The van der Waals surface area contributed by atoms with Gasteiger partial charge in [-0.1, -0.05) is 6.92 Å². The van der Waals surface area contributed by atoms with Crippen LogP contribution in [0.5, 0.6) is 5.75 Å². The van der Waals surface area contributed by atoms with Crippen LogP contribution in [0, 0.1) is 5.82 Å². The summed E-state index contributed by atoms with van der Waals surface area (Å²) in [6.07, 6.45) is 0.114. The predicted molar refractivity (Wildman–Crippen MR) is 73.4 cm³/mol. The number of halogens is 1. The summed E-state index contributed by atoms with van der Waals surface area (Å²) >= 11 is 0. The van der Waals surface area contributed by atoms with Gasteiger partial charge >= 0.3 is 0 Å². The molecule has 19 heavy (non-hydrogen) atoms. The molecule has 5 heteroatoms. The lowest BCUT2D eigenvalue weighted by atomic mass is 10.0. The molecule has 1 amide bonds. The van der Waals surface area contributed by atoms with E-state index in [0.717, 1.165) is 12.5 Å². The van der Waals surface area contributed by atoms with E-state index in [4.69, 9.17) is 10.5 Å². The SMILES string of the molecule is CCC(C)(C)NC(=O)C(C)Oc1ccc(F)cc1N. The van der Waals surface area contributed by atoms with Crippen LogP contribution in [0.25, 0.3) is 0 Å². The van der Waals surface area contributed by atoms with E-state index < -0.39 is 11.9 Å². The lowest BCUT2D eigenvalue weighted by Gasteiger charge is -2.26. The van der Waals surface area contributed by atoms with Crippen LogP contribution >= 0.6 is 0 Å². The van der Waals surface area contributed by atoms with Crippen LogP contribution in [0.3, 0.4) is 0 Å². The van der Waals surface area contributed by atoms with Gasteiger partial charge < -0.3 is 15.8 Å². The summed E-state index contributed by atoms with van der Waals surface area (Å²) in [4.78, 5) is 11.9. The third kappa shape index (κ3) is 4.43. The maximum atomic E-state index is 12.9. The quantitative estimate of drug-likeness (QED) is 0.806. The molecule has 0 aliphatic carbocycles. The third-order valence-electron chi connectivity index (χ3n) is 2.99. The highest BCUT2D eigenvalue weighted by atomic mass is 19.1. The molecule has 0 spiro atoms. The van der Waals surface area contributed by atoms with E-state index in [-0.39, 0.29) is 17.1 Å². The molecule has 0 saturated heterocycles. The molecule has 1 aromatic carbocycles. The highest BCUT2D eigenvalue weighted by Crippen LogP contribution is 2.23. The van der Waals surface area contributed by atoms with E-state index in [1.807, 2.05) is 20.8 Å². The highest BCUT2D eigenvalue weighted by Gasteiger charge is 2.23. The fourth-order valence-corrected chi connectivity index (χ4v) is 1.39. The predicted octanol–water partition coefficient (Wildman–Crippen LogP) is 2.48. The summed E-state index contributed by atoms with van der Waals surface area (Å²) in [6.45, 7) is 7.49. The number of rotatable bonds is 5. The van der Waals surface area contributed by atoms with Crippen LogP contribution in [-0.2, 0) is 4.79 Å². The Balaban J connectivity index is 2.69. The maximum absolute atomic E-state index is 12.9. The van der Waals surface area contributed by atoms with Crippen molar-refractivity contribution in [1.29, 1.82) is 0 Å². The van der Waals surface area contributed by atoms with Crippen LogP contribution in [0.1, 0.15) is 34.1 Å². The van der Waals surface area contributed by atoms with Gasteiger partial charge in [0.1, 0.15) is 11.6 Å².